The van der Waals surface area contributed by atoms with Gasteiger partial charge in [0.05, 0.1) is 26.4 Å². The number of halogens is 1. The van der Waals surface area contributed by atoms with Gasteiger partial charge in [0.2, 0.25) is 0 Å². The predicted octanol–water partition coefficient (Wildman–Crippen LogP) is 3.93. The molecule has 1 heterocycles. The van der Waals surface area contributed by atoms with Crippen LogP contribution in [0.2, 0.25) is 0 Å². The average Bonchev–Trinajstić information content (AvgIpc) is 3.44. The van der Waals surface area contributed by atoms with Gasteiger partial charge in [0.1, 0.15) is 0 Å². The third-order valence-electron chi connectivity index (χ3n) is 6.00. The molecule has 1 aromatic rings. The Kier molecular flexibility index (Phi) is 12.8. The van der Waals surface area contributed by atoms with Crippen molar-refractivity contribution in [2.24, 2.45) is 4.99 Å². The molecule has 1 unspecified atom stereocenters. The first-order valence-corrected chi connectivity index (χ1v) is 11.8. The predicted molar refractivity (Wildman–Crippen MR) is 138 cm³/mol. The van der Waals surface area contributed by atoms with Crippen LogP contribution in [0.25, 0.3) is 0 Å². The van der Waals surface area contributed by atoms with E-state index in [1.54, 1.807) is 0 Å². The summed E-state index contributed by atoms with van der Waals surface area (Å²) < 4.78 is 11.0. The number of ether oxygens (including phenoxy) is 2. The molecular weight excluding hydrogens is 503 g/mol. The van der Waals surface area contributed by atoms with Crippen molar-refractivity contribution >= 4 is 29.9 Å². The molecule has 1 atom stereocenters. The second-order valence-corrected chi connectivity index (χ2v) is 8.33. The Morgan fingerprint density at radius 2 is 1.87 bits per heavy atom. The molecule has 6 nitrogen and oxygen atoms in total. The molecule has 0 amide bonds. The smallest absolute Gasteiger partial charge is 0.191 e. The zero-order valence-corrected chi connectivity index (χ0v) is 21.6. The van der Waals surface area contributed by atoms with Crippen LogP contribution < -0.4 is 10.6 Å². The van der Waals surface area contributed by atoms with Gasteiger partial charge in [-0.25, -0.2) is 4.99 Å². The average molecular weight is 545 g/mol. The van der Waals surface area contributed by atoms with Crippen LogP contribution in [0.3, 0.4) is 0 Å². The van der Waals surface area contributed by atoms with Crippen molar-refractivity contribution in [1.82, 2.24) is 15.5 Å². The van der Waals surface area contributed by atoms with Crippen LogP contribution in [0, 0.1) is 0 Å². The van der Waals surface area contributed by atoms with Crippen LogP contribution in [-0.4, -0.2) is 62.4 Å². The summed E-state index contributed by atoms with van der Waals surface area (Å²) in [4.78, 5) is 7.53. The lowest BCUT2D eigenvalue weighted by Gasteiger charge is -2.24. The van der Waals surface area contributed by atoms with Crippen LogP contribution in [-0.2, 0) is 22.6 Å². The Morgan fingerprint density at radius 1 is 1.10 bits per heavy atom. The van der Waals surface area contributed by atoms with E-state index in [9.17, 15) is 0 Å². The second-order valence-electron chi connectivity index (χ2n) is 8.33. The Labute approximate surface area is 205 Å². The summed E-state index contributed by atoms with van der Waals surface area (Å²) in [6, 6.07) is 9.82. The standard InChI is InChI=1S/C24H40N4O2.HI/c1-3-25-24(27-22-12-13-28(18-22)23-10-5-6-11-23)26-17-20-8-7-9-21(16-20)19-30-15-14-29-4-2;/h7-9,16,22-23H,3-6,10-15,17-19H2,1-2H3,(H2,25,26,27);1H. The molecule has 176 valence electrons. The van der Waals surface area contributed by atoms with Crippen molar-refractivity contribution in [2.45, 2.75) is 71.2 Å². The van der Waals surface area contributed by atoms with E-state index in [-0.39, 0.29) is 24.0 Å². The summed E-state index contributed by atoms with van der Waals surface area (Å²) in [7, 11) is 0. The molecule has 2 N–H and O–H groups in total. The maximum atomic E-state index is 5.69. The van der Waals surface area contributed by atoms with Gasteiger partial charge >= 0.3 is 0 Å². The molecule has 2 fully saturated rings. The zero-order valence-electron chi connectivity index (χ0n) is 19.3. The van der Waals surface area contributed by atoms with E-state index in [1.165, 1.54) is 49.8 Å². The van der Waals surface area contributed by atoms with E-state index in [0.717, 1.165) is 31.7 Å². The van der Waals surface area contributed by atoms with Crippen molar-refractivity contribution in [1.29, 1.82) is 0 Å². The number of nitrogens with one attached hydrogen (secondary N) is 2. The molecule has 1 saturated carbocycles. The Hall–Kier alpha value is -0.900. The molecule has 0 spiro atoms. The van der Waals surface area contributed by atoms with Crippen molar-refractivity contribution in [3.8, 4) is 0 Å². The van der Waals surface area contributed by atoms with E-state index < -0.39 is 0 Å². The molecule has 0 aromatic heterocycles. The third-order valence-corrected chi connectivity index (χ3v) is 6.00. The molecule has 2 aliphatic rings. The van der Waals surface area contributed by atoms with Crippen LogP contribution in [0.1, 0.15) is 57.1 Å². The lowest BCUT2D eigenvalue weighted by atomic mass is 10.1. The minimum absolute atomic E-state index is 0. The lowest BCUT2D eigenvalue weighted by molar-refractivity contribution is 0.0453. The summed E-state index contributed by atoms with van der Waals surface area (Å²) in [5.74, 6) is 0.925. The highest BCUT2D eigenvalue weighted by Crippen LogP contribution is 2.26. The van der Waals surface area contributed by atoms with E-state index in [0.29, 0.717) is 32.4 Å². The van der Waals surface area contributed by atoms with E-state index >= 15 is 0 Å². The highest BCUT2D eigenvalue weighted by Gasteiger charge is 2.30. The summed E-state index contributed by atoms with van der Waals surface area (Å²) in [5, 5.41) is 7.08. The van der Waals surface area contributed by atoms with Crippen molar-refractivity contribution < 1.29 is 9.47 Å². The summed E-state index contributed by atoms with van der Waals surface area (Å²) in [6.45, 7) is 10.6. The normalized spacial score (nSPS) is 20.1. The van der Waals surface area contributed by atoms with Crippen LogP contribution in [0.15, 0.2) is 29.3 Å². The summed E-state index contributed by atoms with van der Waals surface area (Å²) >= 11 is 0. The maximum Gasteiger partial charge on any atom is 0.191 e. The van der Waals surface area contributed by atoms with Gasteiger partial charge in [-0.15, -0.1) is 24.0 Å². The van der Waals surface area contributed by atoms with Gasteiger partial charge < -0.3 is 20.1 Å². The number of hydrogen-bond acceptors (Lipinski definition) is 4. The van der Waals surface area contributed by atoms with Gasteiger partial charge in [-0.05, 0) is 44.2 Å². The molecule has 1 aliphatic carbocycles. The topological polar surface area (TPSA) is 58.1 Å². The van der Waals surface area contributed by atoms with E-state index in [4.69, 9.17) is 14.5 Å². The monoisotopic (exact) mass is 544 g/mol. The molecule has 1 aliphatic heterocycles. The van der Waals surface area contributed by atoms with Gasteiger partial charge in [-0.1, -0.05) is 37.1 Å². The van der Waals surface area contributed by atoms with E-state index in [1.807, 2.05) is 6.92 Å². The number of benzene rings is 1. The number of rotatable bonds is 11. The first kappa shape index (κ1) is 26.4. The molecule has 1 saturated heterocycles. The number of likely N-dealkylation sites (tertiary alicyclic amines) is 1. The highest BCUT2D eigenvalue weighted by atomic mass is 127. The van der Waals surface area contributed by atoms with Crippen LogP contribution in [0.4, 0.5) is 0 Å². The second kappa shape index (κ2) is 15.0. The fourth-order valence-corrected chi connectivity index (χ4v) is 4.46. The molecule has 0 bridgehead atoms. The van der Waals surface area contributed by atoms with Crippen LogP contribution in [0.5, 0.6) is 0 Å². The molecule has 0 radical (unpaired) electrons. The molecule has 3 rings (SSSR count). The van der Waals surface area contributed by atoms with Gasteiger partial charge in [0, 0.05) is 38.3 Å². The highest BCUT2D eigenvalue weighted by molar-refractivity contribution is 14.0. The van der Waals surface area contributed by atoms with Gasteiger partial charge in [-0.2, -0.15) is 0 Å². The van der Waals surface area contributed by atoms with Crippen molar-refractivity contribution in [2.75, 3.05) is 39.5 Å². The molecule has 1 aromatic carbocycles. The Morgan fingerprint density at radius 3 is 2.65 bits per heavy atom. The Balaban J connectivity index is 0.00000341. The minimum Gasteiger partial charge on any atom is -0.379 e. The van der Waals surface area contributed by atoms with E-state index in [2.05, 4.69) is 46.7 Å². The minimum atomic E-state index is 0. The summed E-state index contributed by atoms with van der Waals surface area (Å²) in [6.07, 6.45) is 6.77. The number of nitrogens with zero attached hydrogens (tertiary/aromatic N) is 2. The molecular formula is C24H41IN4O2. The lowest BCUT2D eigenvalue weighted by Crippen LogP contribution is -2.45. The first-order chi connectivity index (χ1) is 14.8. The number of guanidine groups is 1. The summed E-state index contributed by atoms with van der Waals surface area (Å²) in [5.41, 5.74) is 2.39. The largest absolute Gasteiger partial charge is 0.379 e. The van der Waals surface area contributed by atoms with Crippen LogP contribution >= 0.6 is 24.0 Å². The third kappa shape index (κ3) is 9.24. The maximum absolute atomic E-state index is 5.69. The quantitative estimate of drug-likeness (QED) is 0.192. The number of aliphatic imine (C=N–C) groups is 1. The van der Waals surface area contributed by atoms with Gasteiger partial charge in [0.25, 0.3) is 0 Å². The Bertz CT molecular complexity index is 652. The fraction of sp³-hybridized carbons (Fsp3) is 0.708. The fourth-order valence-electron chi connectivity index (χ4n) is 4.46. The molecule has 7 heteroatoms. The first-order valence-electron chi connectivity index (χ1n) is 11.8. The number of hydrogen-bond donors (Lipinski definition) is 2. The van der Waals surface area contributed by atoms with Crippen molar-refractivity contribution in [3.63, 3.8) is 0 Å². The SMILES string of the molecule is CCNC(=NCc1cccc(COCCOCC)c1)NC1CCN(C2CCCC2)C1.I. The van der Waals surface area contributed by atoms with Gasteiger partial charge in [-0.3, -0.25) is 4.90 Å². The zero-order chi connectivity index (χ0) is 21.0. The van der Waals surface area contributed by atoms with Crippen molar-refractivity contribution in [3.05, 3.63) is 35.4 Å². The van der Waals surface area contributed by atoms with Gasteiger partial charge in [0.15, 0.2) is 5.96 Å². The molecule has 31 heavy (non-hydrogen) atoms.